The SMILES string of the molecule is CCNC(=NCc1cccc(N(C)C)n1)NC1CCS(=O)(=O)C1. The minimum Gasteiger partial charge on any atom is -0.363 e. The van der Waals surface area contributed by atoms with E-state index < -0.39 is 9.84 Å². The first-order valence-electron chi connectivity index (χ1n) is 7.78. The van der Waals surface area contributed by atoms with Crippen LogP contribution < -0.4 is 15.5 Å². The standard InChI is InChI=1S/C15H25N5O2S/c1-4-16-15(19-13-8-9-23(21,22)11-13)17-10-12-6-5-7-14(18-12)20(2)3/h5-7,13H,4,8-11H2,1-3H3,(H2,16,17,19). The second kappa shape index (κ2) is 7.63. The molecule has 2 heterocycles. The average Bonchev–Trinajstić information content (AvgIpc) is 2.84. The maximum absolute atomic E-state index is 11.5. The predicted molar refractivity (Wildman–Crippen MR) is 93.6 cm³/mol. The van der Waals surface area contributed by atoms with E-state index in [1.807, 2.05) is 44.1 Å². The van der Waals surface area contributed by atoms with Gasteiger partial charge in [-0.15, -0.1) is 0 Å². The Bertz CT molecular complexity index is 658. The fraction of sp³-hybridized carbons (Fsp3) is 0.600. The molecule has 2 N–H and O–H groups in total. The van der Waals surface area contributed by atoms with Crippen molar-refractivity contribution in [3.05, 3.63) is 23.9 Å². The summed E-state index contributed by atoms with van der Waals surface area (Å²) in [5, 5.41) is 6.35. The molecule has 1 fully saturated rings. The van der Waals surface area contributed by atoms with E-state index in [1.54, 1.807) is 0 Å². The molecule has 8 heteroatoms. The summed E-state index contributed by atoms with van der Waals surface area (Å²) in [4.78, 5) is 11.0. The van der Waals surface area contributed by atoms with E-state index in [0.717, 1.165) is 18.1 Å². The molecule has 0 saturated carbocycles. The number of nitrogens with zero attached hydrogens (tertiary/aromatic N) is 3. The van der Waals surface area contributed by atoms with Gasteiger partial charge in [-0.05, 0) is 25.5 Å². The summed E-state index contributed by atoms with van der Waals surface area (Å²) in [7, 11) is 0.991. The van der Waals surface area contributed by atoms with Gasteiger partial charge in [0.15, 0.2) is 15.8 Å². The lowest BCUT2D eigenvalue weighted by Gasteiger charge is -2.16. The number of guanidine groups is 1. The molecule has 0 bridgehead atoms. The van der Waals surface area contributed by atoms with Crippen molar-refractivity contribution in [2.24, 2.45) is 4.99 Å². The Kier molecular flexibility index (Phi) is 5.81. The van der Waals surface area contributed by atoms with E-state index in [4.69, 9.17) is 0 Å². The summed E-state index contributed by atoms with van der Waals surface area (Å²) >= 11 is 0. The van der Waals surface area contributed by atoms with Gasteiger partial charge in [-0.3, -0.25) is 0 Å². The molecule has 1 atom stereocenters. The van der Waals surface area contributed by atoms with E-state index in [1.165, 1.54) is 0 Å². The van der Waals surface area contributed by atoms with Crippen LogP contribution in [-0.2, 0) is 16.4 Å². The summed E-state index contributed by atoms with van der Waals surface area (Å²) < 4.78 is 23.1. The lowest BCUT2D eigenvalue weighted by atomic mass is 10.3. The van der Waals surface area contributed by atoms with Gasteiger partial charge in [0.2, 0.25) is 0 Å². The Morgan fingerprint density at radius 2 is 2.22 bits per heavy atom. The van der Waals surface area contributed by atoms with Crippen LogP contribution in [0.3, 0.4) is 0 Å². The summed E-state index contributed by atoms with van der Waals surface area (Å²) in [6, 6.07) is 5.76. The van der Waals surface area contributed by atoms with Crippen LogP contribution in [0.5, 0.6) is 0 Å². The summed E-state index contributed by atoms with van der Waals surface area (Å²) in [6.45, 7) is 3.14. The van der Waals surface area contributed by atoms with Crippen LogP contribution in [0.15, 0.2) is 23.2 Å². The molecule has 1 aromatic heterocycles. The van der Waals surface area contributed by atoms with Crippen molar-refractivity contribution in [1.29, 1.82) is 0 Å². The molecule has 128 valence electrons. The number of anilines is 1. The van der Waals surface area contributed by atoms with Gasteiger partial charge in [0, 0.05) is 26.7 Å². The fourth-order valence-electron chi connectivity index (χ4n) is 2.39. The molecule has 0 spiro atoms. The maximum Gasteiger partial charge on any atom is 0.191 e. The largest absolute Gasteiger partial charge is 0.363 e. The second-order valence-electron chi connectivity index (χ2n) is 5.82. The number of pyridine rings is 1. The van der Waals surface area contributed by atoms with E-state index in [2.05, 4.69) is 20.6 Å². The average molecular weight is 339 g/mol. The third kappa shape index (κ3) is 5.38. The summed E-state index contributed by atoms with van der Waals surface area (Å²) in [5.41, 5.74) is 0.868. The highest BCUT2D eigenvalue weighted by Gasteiger charge is 2.28. The molecule has 1 unspecified atom stereocenters. The number of aromatic nitrogens is 1. The number of aliphatic imine (C=N–C) groups is 1. The predicted octanol–water partition coefficient (Wildman–Crippen LogP) is 0.390. The van der Waals surface area contributed by atoms with Crippen LogP contribution in [0.2, 0.25) is 0 Å². The monoisotopic (exact) mass is 339 g/mol. The van der Waals surface area contributed by atoms with Gasteiger partial charge < -0.3 is 15.5 Å². The van der Waals surface area contributed by atoms with Crippen LogP contribution in [0.25, 0.3) is 0 Å². The lowest BCUT2D eigenvalue weighted by Crippen LogP contribution is -2.44. The molecule has 0 amide bonds. The molecular formula is C15H25N5O2S. The maximum atomic E-state index is 11.5. The van der Waals surface area contributed by atoms with Gasteiger partial charge in [-0.1, -0.05) is 6.07 Å². The molecule has 0 radical (unpaired) electrons. The first-order chi connectivity index (χ1) is 10.9. The van der Waals surface area contributed by atoms with Crippen LogP contribution in [0, 0.1) is 0 Å². The van der Waals surface area contributed by atoms with Crippen molar-refractivity contribution in [3.63, 3.8) is 0 Å². The van der Waals surface area contributed by atoms with E-state index >= 15 is 0 Å². The third-order valence-corrected chi connectivity index (χ3v) is 5.33. The molecule has 0 aliphatic carbocycles. The molecule has 23 heavy (non-hydrogen) atoms. The van der Waals surface area contributed by atoms with Crippen molar-refractivity contribution < 1.29 is 8.42 Å². The quantitative estimate of drug-likeness (QED) is 0.596. The molecule has 1 aromatic rings. The Balaban J connectivity index is 2.02. The number of sulfone groups is 1. The van der Waals surface area contributed by atoms with Gasteiger partial charge in [-0.25, -0.2) is 18.4 Å². The summed E-state index contributed by atoms with van der Waals surface area (Å²) in [5.74, 6) is 1.94. The highest BCUT2D eigenvalue weighted by Crippen LogP contribution is 2.11. The highest BCUT2D eigenvalue weighted by atomic mass is 32.2. The minimum absolute atomic E-state index is 0.0705. The van der Waals surface area contributed by atoms with Gasteiger partial charge >= 0.3 is 0 Å². The lowest BCUT2D eigenvalue weighted by molar-refractivity contribution is 0.599. The van der Waals surface area contributed by atoms with Gasteiger partial charge in [0.1, 0.15) is 5.82 Å². The zero-order valence-corrected chi connectivity index (χ0v) is 14.7. The number of rotatable bonds is 5. The Morgan fingerprint density at radius 1 is 1.43 bits per heavy atom. The fourth-order valence-corrected chi connectivity index (χ4v) is 4.06. The Hall–Kier alpha value is -1.83. The number of hydrogen-bond donors (Lipinski definition) is 2. The van der Waals surface area contributed by atoms with Crippen molar-refractivity contribution >= 4 is 21.6 Å². The normalized spacial score (nSPS) is 20.3. The van der Waals surface area contributed by atoms with Gasteiger partial charge in [0.05, 0.1) is 23.7 Å². The Morgan fingerprint density at radius 3 is 2.83 bits per heavy atom. The zero-order chi connectivity index (χ0) is 16.9. The van der Waals surface area contributed by atoms with Crippen molar-refractivity contribution in [2.75, 3.05) is 37.0 Å². The van der Waals surface area contributed by atoms with Gasteiger partial charge in [0.25, 0.3) is 0 Å². The molecule has 1 saturated heterocycles. The van der Waals surface area contributed by atoms with Gasteiger partial charge in [-0.2, -0.15) is 0 Å². The van der Waals surface area contributed by atoms with E-state index in [-0.39, 0.29) is 17.5 Å². The number of hydrogen-bond acceptors (Lipinski definition) is 5. The van der Waals surface area contributed by atoms with Crippen molar-refractivity contribution in [1.82, 2.24) is 15.6 Å². The molecule has 7 nitrogen and oxygen atoms in total. The van der Waals surface area contributed by atoms with E-state index in [9.17, 15) is 8.42 Å². The second-order valence-corrected chi connectivity index (χ2v) is 8.05. The smallest absolute Gasteiger partial charge is 0.191 e. The molecule has 2 rings (SSSR count). The van der Waals surface area contributed by atoms with E-state index in [0.29, 0.717) is 18.9 Å². The third-order valence-electron chi connectivity index (χ3n) is 3.57. The van der Waals surface area contributed by atoms with Crippen LogP contribution in [0.4, 0.5) is 5.82 Å². The highest BCUT2D eigenvalue weighted by molar-refractivity contribution is 7.91. The summed E-state index contributed by atoms with van der Waals surface area (Å²) in [6.07, 6.45) is 0.626. The number of nitrogens with one attached hydrogen (secondary N) is 2. The van der Waals surface area contributed by atoms with Crippen molar-refractivity contribution in [3.8, 4) is 0 Å². The molecule has 1 aliphatic rings. The topological polar surface area (TPSA) is 86.7 Å². The van der Waals surface area contributed by atoms with Crippen LogP contribution in [0.1, 0.15) is 19.0 Å². The molecule has 1 aliphatic heterocycles. The first kappa shape index (κ1) is 17.5. The molecular weight excluding hydrogens is 314 g/mol. The first-order valence-corrected chi connectivity index (χ1v) is 9.60. The van der Waals surface area contributed by atoms with Crippen molar-refractivity contribution in [2.45, 2.75) is 25.9 Å². The molecule has 0 aromatic carbocycles. The van der Waals surface area contributed by atoms with Crippen LogP contribution >= 0.6 is 0 Å². The minimum atomic E-state index is -2.90. The Labute approximate surface area is 138 Å². The zero-order valence-electron chi connectivity index (χ0n) is 13.9. The van der Waals surface area contributed by atoms with Crippen LogP contribution in [-0.4, -0.2) is 57.5 Å².